The zero-order valence-electron chi connectivity index (χ0n) is 8.08. The molecule has 1 fully saturated rings. The third kappa shape index (κ3) is 1.58. The van der Waals surface area contributed by atoms with Gasteiger partial charge in [0.2, 0.25) is 5.91 Å². The summed E-state index contributed by atoms with van der Waals surface area (Å²) in [5.41, 5.74) is 1.84. The Morgan fingerprint density at radius 3 is 2.86 bits per heavy atom. The van der Waals surface area contributed by atoms with Gasteiger partial charge in [0.05, 0.1) is 6.04 Å². The molecule has 14 heavy (non-hydrogen) atoms. The highest BCUT2D eigenvalue weighted by atomic mass is 16.3. The number of carbonyl (C=O) groups excluding carboxylic acids is 1. The van der Waals surface area contributed by atoms with E-state index >= 15 is 0 Å². The highest BCUT2D eigenvalue weighted by Crippen LogP contribution is 2.27. The molecule has 1 heterocycles. The zero-order chi connectivity index (χ0) is 10.1. The van der Waals surface area contributed by atoms with Gasteiger partial charge in [-0.25, -0.2) is 0 Å². The molecule has 1 amide bonds. The summed E-state index contributed by atoms with van der Waals surface area (Å²) in [6, 6.07) is 5.63. The number of hydrogen-bond donors (Lipinski definition) is 2. The molecule has 0 unspecified atom stereocenters. The van der Waals surface area contributed by atoms with E-state index in [2.05, 4.69) is 5.32 Å². The quantitative estimate of drug-likeness (QED) is 0.709. The van der Waals surface area contributed by atoms with E-state index in [0.29, 0.717) is 12.2 Å². The fourth-order valence-corrected chi connectivity index (χ4v) is 1.71. The van der Waals surface area contributed by atoms with Crippen LogP contribution in [0.2, 0.25) is 0 Å². The van der Waals surface area contributed by atoms with Crippen molar-refractivity contribution < 1.29 is 9.90 Å². The summed E-state index contributed by atoms with van der Waals surface area (Å²) < 4.78 is 0. The van der Waals surface area contributed by atoms with Gasteiger partial charge >= 0.3 is 0 Å². The molecular weight excluding hydrogens is 178 g/mol. The van der Waals surface area contributed by atoms with Crippen LogP contribution in [0.1, 0.15) is 30.0 Å². The number of rotatable bonds is 1. The van der Waals surface area contributed by atoms with Crippen molar-refractivity contribution in [2.24, 2.45) is 0 Å². The first-order valence-electron chi connectivity index (χ1n) is 4.75. The molecule has 1 aliphatic rings. The number of nitrogens with one attached hydrogen (secondary N) is 1. The molecule has 0 bridgehead atoms. The second-order valence-electron chi connectivity index (χ2n) is 3.70. The topological polar surface area (TPSA) is 49.3 Å². The van der Waals surface area contributed by atoms with Crippen LogP contribution in [0, 0.1) is 6.92 Å². The molecule has 3 heteroatoms. The minimum absolute atomic E-state index is 0.0778. The highest BCUT2D eigenvalue weighted by Gasteiger charge is 2.22. The van der Waals surface area contributed by atoms with Gasteiger partial charge in [-0.15, -0.1) is 0 Å². The fourth-order valence-electron chi connectivity index (χ4n) is 1.71. The second-order valence-corrected chi connectivity index (χ2v) is 3.70. The molecular formula is C11H13NO2. The molecule has 1 aromatic carbocycles. The summed E-state index contributed by atoms with van der Waals surface area (Å²) in [7, 11) is 0. The Balaban J connectivity index is 2.24. The lowest BCUT2D eigenvalue weighted by Crippen LogP contribution is -2.18. The van der Waals surface area contributed by atoms with E-state index < -0.39 is 0 Å². The van der Waals surface area contributed by atoms with Crippen LogP contribution in [-0.4, -0.2) is 11.0 Å². The van der Waals surface area contributed by atoms with Crippen molar-refractivity contribution >= 4 is 5.91 Å². The Labute approximate surface area is 82.8 Å². The van der Waals surface area contributed by atoms with Gasteiger partial charge < -0.3 is 10.4 Å². The van der Waals surface area contributed by atoms with Gasteiger partial charge in [0, 0.05) is 6.42 Å². The van der Waals surface area contributed by atoms with Crippen LogP contribution in [0.3, 0.4) is 0 Å². The Morgan fingerprint density at radius 2 is 2.29 bits per heavy atom. The minimum Gasteiger partial charge on any atom is -0.508 e. The van der Waals surface area contributed by atoms with E-state index in [0.717, 1.165) is 17.5 Å². The Morgan fingerprint density at radius 1 is 1.50 bits per heavy atom. The molecule has 1 aromatic rings. The van der Waals surface area contributed by atoms with Gasteiger partial charge in [-0.1, -0.05) is 12.1 Å². The average molecular weight is 191 g/mol. The van der Waals surface area contributed by atoms with Crippen LogP contribution in [0.4, 0.5) is 0 Å². The van der Waals surface area contributed by atoms with E-state index in [1.807, 2.05) is 19.1 Å². The summed E-state index contributed by atoms with van der Waals surface area (Å²) in [4.78, 5) is 11.0. The van der Waals surface area contributed by atoms with Crippen LogP contribution in [0.5, 0.6) is 5.75 Å². The molecule has 3 nitrogen and oxygen atoms in total. The van der Waals surface area contributed by atoms with Gasteiger partial charge in [-0.3, -0.25) is 4.79 Å². The number of amides is 1. The first kappa shape index (κ1) is 9.06. The number of phenols is 1. The first-order valence-corrected chi connectivity index (χ1v) is 4.75. The third-order valence-electron chi connectivity index (χ3n) is 2.63. The normalized spacial score (nSPS) is 20.9. The number of phenolic OH excluding ortho intramolecular Hbond substituents is 1. The molecule has 74 valence electrons. The van der Waals surface area contributed by atoms with Crippen LogP contribution in [-0.2, 0) is 4.79 Å². The lowest BCUT2D eigenvalue weighted by atomic mass is 10.0. The maximum atomic E-state index is 11.0. The van der Waals surface area contributed by atoms with Crippen molar-refractivity contribution in [1.29, 1.82) is 0 Å². The van der Waals surface area contributed by atoms with Gasteiger partial charge in [0.1, 0.15) is 5.75 Å². The van der Waals surface area contributed by atoms with Crippen molar-refractivity contribution in [3.63, 3.8) is 0 Å². The molecule has 0 aromatic heterocycles. The molecule has 2 N–H and O–H groups in total. The first-order chi connectivity index (χ1) is 6.66. The molecule has 1 atom stereocenters. The maximum absolute atomic E-state index is 11.0. The Bertz CT molecular complexity index is 374. The lowest BCUT2D eigenvalue weighted by molar-refractivity contribution is -0.119. The number of aryl methyl sites for hydroxylation is 1. The van der Waals surface area contributed by atoms with Crippen LogP contribution < -0.4 is 5.32 Å². The van der Waals surface area contributed by atoms with E-state index in [1.54, 1.807) is 6.07 Å². The fraction of sp³-hybridized carbons (Fsp3) is 0.364. The van der Waals surface area contributed by atoms with Gasteiger partial charge in [-0.2, -0.15) is 0 Å². The maximum Gasteiger partial charge on any atom is 0.220 e. The van der Waals surface area contributed by atoms with Crippen LogP contribution in [0.15, 0.2) is 18.2 Å². The monoisotopic (exact) mass is 191 g/mol. The summed E-state index contributed by atoms with van der Waals surface area (Å²) in [6.45, 7) is 1.85. The average Bonchev–Trinajstić information content (AvgIpc) is 2.57. The lowest BCUT2D eigenvalue weighted by Gasteiger charge is -2.11. The van der Waals surface area contributed by atoms with Crippen molar-refractivity contribution in [3.8, 4) is 5.75 Å². The predicted octanol–water partition coefficient (Wildman–Crippen LogP) is 1.65. The van der Waals surface area contributed by atoms with Crippen molar-refractivity contribution in [1.82, 2.24) is 5.32 Å². The van der Waals surface area contributed by atoms with Crippen molar-refractivity contribution in [2.45, 2.75) is 25.8 Å². The van der Waals surface area contributed by atoms with Crippen LogP contribution in [0.25, 0.3) is 0 Å². The summed E-state index contributed by atoms with van der Waals surface area (Å²) >= 11 is 0. The van der Waals surface area contributed by atoms with Gasteiger partial charge in [0.25, 0.3) is 0 Å². The van der Waals surface area contributed by atoms with Crippen LogP contribution >= 0.6 is 0 Å². The summed E-state index contributed by atoms with van der Waals surface area (Å²) in [5, 5.41) is 12.4. The Hall–Kier alpha value is -1.51. The smallest absolute Gasteiger partial charge is 0.220 e. The molecule has 1 aliphatic heterocycles. The zero-order valence-corrected chi connectivity index (χ0v) is 8.08. The van der Waals surface area contributed by atoms with Gasteiger partial charge in [0.15, 0.2) is 0 Å². The molecule has 0 spiro atoms. The number of aromatic hydroxyl groups is 1. The minimum atomic E-state index is 0.0778. The summed E-state index contributed by atoms with van der Waals surface area (Å²) in [5.74, 6) is 0.388. The summed E-state index contributed by atoms with van der Waals surface area (Å²) in [6.07, 6.45) is 1.40. The van der Waals surface area contributed by atoms with E-state index in [-0.39, 0.29) is 11.9 Å². The van der Waals surface area contributed by atoms with E-state index in [4.69, 9.17) is 0 Å². The number of carbonyl (C=O) groups is 1. The molecule has 0 saturated carbocycles. The molecule has 0 radical (unpaired) electrons. The highest BCUT2D eigenvalue weighted by molar-refractivity contribution is 5.78. The number of hydrogen-bond acceptors (Lipinski definition) is 2. The predicted molar refractivity (Wildman–Crippen MR) is 53.0 cm³/mol. The third-order valence-corrected chi connectivity index (χ3v) is 2.63. The van der Waals surface area contributed by atoms with Crippen molar-refractivity contribution in [3.05, 3.63) is 29.3 Å². The standard InChI is InChI=1S/C11H13NO2/c1-7-2-3-8(6-10(7)13)9-4-5-11(14)12-9/h2-3,6,9,13H,4-5H2,1H3,(H,12,14)/t9-/m0/s1. The second kappa shape index (κ2) is 3.33. The molecule has 2 rings (SSSR count). The van der Waals surface area contributed by atoms with E-state index in [9.17, 15) is 9.90 Å². The van der Waals surface area contributed by atoms with Crippen molar-refractivity contribution in [2.75, 3.05) is 0 Å². The number of benzene rings is 1. The SMILES string of the molecule is Cc1ccc([C@@H]2CCC(=O)N2)cc1O. The largest absolute Gasteiger partial charge is 0.508 e. The van der Waals surface area contributed by atoms with E-state index in [1.165, 1.54) is 0 Å². The molecule has 0 aliphatic carbocycles. The van der Waals surface area contributed by atoms with Gasteiger partial charge in [-0.05, 0) is 30.5 Å². The Kier molecular flexibility index (Phi) is 2.15. The molecule has 1 saturated heterocycles.